The van der Waals surface area contributed by atoms with Crippen LogP contribution in [0.25, 0.3) is 0 Å². The molecular weight excluding hydrogens is 462 g/mol. The molecule has 188 valence electrons. The monoisotopic (exact) mass is 493 g/mol. The van der Waals surface area contributed by atoms with E-state index in [4.69, 9.17) is 10.5 Å². The summed E-state index contributed by atoms with van der Waals surface area (Å²) in [7, 11) is 0. The van der Waals surface area contributed by atoms with Crippen LogP contribution in [-0.2, 0) is 31.6 Å². The van der Waals surface area contributed by atoms with Crippen LogP contribution in [0.2, 0.25) is 0 Å². The van der Waals surface area contributed by atoms with Gasteiger partial charge in [-0.1, -0.05) is 56.3 Å². The molecule has 2 aromatic carbocycles. The number of nitrogens with zero attached hydrogens (tertiary/aromatic N) is 2. The zero-order valence-electron chi connectivity index (χ0n) is 21.8. The predicted molar refractivity (Wildman–Crippen MR) is 140 cm³/mol. The van der Waals surface area contributed by atoms with Gasteiger partial charge in [-0.05, 0) is 49.8 Å². The number of nitrogens with two attached hydrogens (primary N) is 1. The van der Waals surface area contributed by atoms with Crippen LogP contribution in [0.3, 0.4) is 0 Å². The van der Waals surface area contributed by atoms with E-state index in [1.807, 2.05) is 29.2 Å². The lowest BCUT2D eigenvalue weighted by Gasteiger charge is -2.50. The molecule has 4 aliphatic rings. The lowest BCUT2D eigenvalue weighted by atomic mass is 9.63. The number of fused-ring (bicyclic) bond motifs is 2. The highest BCUT2D eigenvalue weighted by molar-refractivity contribution is 6.21. The van der Waals surface area contributed by atoms with Crippen LogP contribution in [0.4, 0.5) is 5.69 Å². The fourth-order valence-electron chi connectivity index (χ4n) is 7.36. The van der Waals surface area contributed by atoms with E-state index in [2.05, 4.69) is 52.0 Å². The second-order valence-electron chi connectivity index (χ2n) is 11.5. The van der Waals surface area contributed by atoms with Crippen molar-refractivity contribution in [3.8, 4) is 6.07 Å². The summed E-state index contributed by atoms with van der Waals surface area (Å²) in [6.45, 7) is 8.46. The molecule has 6 heteroatoms. The molecule has 2 N–H and O–H groups in total. The topological polar surface area (TPSA) is 96.4 Å². The number of Topliss-reactive ketones (excluding diaryl/α,β-unsaturated/α-hetero) is 1. The molecule has 0 bridgehead atoms. The van der Waals surface area contributed by atoms with E-state index in [1.165, 1.54) is 5.56 Å². The number of hydrogen-bond donors (Lipinski definition) is 1. The zero-order chi connectivity index (χ0) is 26.3. The van der Waals surface area contributed by atoms with E-state index in [0.29, 0.717) is 42.6 Å². The third-order valence-electron chi connectivity index (χ3n) is 8.83. The van der Waals surface area contributed by atoms with E-state index in [1.54, 1.807) is 0 Å². The Morgan fingerprint density at radius 1 is 1.08 bits per heavy atom. The molecule has 1 aliphatic carbocycles. The van der Waals surface area contributed by atoms with Crippen molar-refractivity contribution in [2.24, 2.45) is 5.73 Å². The van der Waals surface area contributed by atoms with E-state index in [0.717, 1.165) is 23.2 Å². The molecule has 0 saturated heterocycles. The Bertz CT molecular complexity index is 1490. The molecule has 1 amide bonds. The first-order valence-electron chi connectivity index (χ1n) is 13.0. The highest BCUT2D eigenvalue weighted by Gasteiger charge is 2.66. The van der Waals surface area contributed by atoms with Gasteiger partial charge >= 0.3 is 0 Å². The summed E-state index contributed by atoms with van der Waals surface area (Å²) in [5.74, 6) is -0.0692. The SMILES string of the molecule is CCc1cc2c3c(c1)[C@@](C)(c1ccccc1)CC(C)(C)N3C(=O)[C@@]21C(C#N)=C(N)OC2=C1C(=O)CCC2. The molecule has 37 heavy (non-hydrogen) atoms. The van der Waals surface area contributed by atoms with Crippen molar-refractivity contribution in [2.75, 3.05) is 4.90 Å². The van der Waals surface area contributed by atoms with Crippen molar-refractivity contribution in [3.63, 3.8) is 0 Å². The van der Waals surface area contributed by atoms with Gasteiger partial charge in [-0.3, -0.25) is 9.59 Å². The fraction of sp³-hybridized carbons (Fsp3) is 0.387. The molecule has 3 aliphatic heterocycles. The molecule has 0 fully saturated rings. The summed E-state index contributed by atoms with van der Waals surface area (Å²) in [5.41, 5.74) is 8.88. The first kappa shape index (κ1) is 23.5. The summed E-state index contributed by atoms with van der Waals surface area (Å²) in [6.07, 6.45) is 2.89. The second kappa shape index (κ2) is 7.58. The minimum absolute atomic E-state index is 0.0218. The first-order chi connectivity index (χ1) is 17.6. The number of aryl methyl sites for hydroxylation is 1. The van der Waals surface area contributed by atoms with Crippen LogP contribution >= 0.6 is 0 Å². The third kappa shape index (κ3) is 2.80. The number of allylic oxidation sites excluding steroid dienone is 1. The van der Waals surface area contributed by atoms with Crippen LogP contribution in [0, 0.1) is 11.3 Å². The quantitative estimate of drug-likeness (QED) is 0.631. The van der Waals surface area contributed by atoms with Crippen molar-refractivity contribution in [3.05, 3.63) is 87.5 Å². The minimum Gasteiger partial charge on any atom is -0.444 e. The van der Waals surface area contributed by atoms with Crippen LogP contribution in [-0.4, -0.2) is 17.2 Å². The molecule has 2 aromatic rings. The van der Waals surface area contributed by atoms with Gasteiger partial charge in [-0.25, -0.2) is 0 Å². The van der Waals surface area contributed by atoms with Crippen LogP contribution in [0.5, 0.6) is 0 Å². The van der Waals surface area contributed by atoms with Crippen molar-refractivity contribution >= 4 is 17.4 Å². The van der Waals surface area contributed by atoms with Gasteiger partial charge in [-0.2, -0.15) is 5.26 Å². The molecule has 3 heterocycles. The fourth-order valence-corrected chi connectivity index (χ4v) is 7.36. The maximum Gasteiger partial charge on any atom is 0.248 e. The molecule has 0 radical (unpaired) electrons. The molecule has 2 atom stereocenters. The number of hydrogen-bond acceptors (Lipinski definition) is 5. The Labute approximate surface area is 217 Å². The number of ketones is 1. The number of benzene rings is 2. The number of nitriles is 1. The van der Waals surface area contributed by atoms with Gasteiger partial charge in [0.15, 0.2) is 5.78 Å². The summed E-state index contributed by atoms with van der Waals surface area (Å²) < 4.78 is 5.87. The lowest BCUT2D eigenvalue weighted by Crippen LogP contribution is -2.58. The van der Waals surface area contributed by atoms with Gasteiger partial charge < -0.3 is 15.4 Å². The minimum atomic E-state index is -1.58. The first-order valence-corrected chi connectivity index (χ1v) is 13.0. The largest absolute Gasteiger partial charge is 0.444 e. The number of carbonyl (C=O) groups is 2. The Morgan fingerprint density at radius 3 is 2.46 bits per heavy atom. The van der Waals surface area contributed by atoms with E-state index < -0.39 is 11.0 Å². The number of ether oxygens (including phenoxy) is 1. The molecule has 6 nitrogen and oxygen atoms in total. The molecule has 1 spiro atoms. The molecule has 0 aromatic heterocycles. The molecule has 0 saturated carbocycles. The van der Waals surface area contributed by atoms with Gasteiger partial charge in [0, 0.05) is 29.4 Å². The van der Waals surface area contributed by atoms with Crippen molar-refractivity contribution in [2.45, 2.75) is 76.2 Å². The number of amides is 1. The molecule has 6 rings (SSSR count). The average Bonchev–Trinajstić information content (AvgIpc) is 3.12. The Balaban J connectivity index is 1.78. The van der Waals surface area contributed by atoms with Crippen molar-refractivity contribution in [1.82, 2.24) is 0 Å². The number of rotatable bonds is 2. The summed E-state index contributed by atoms with van der Waals surface area (Å²) in [5, 5.41) is 10.4. The van der Waals surface area contributed by atoms with Gasteiger partial charge in [-0.15, -0.1) is 0 Å². The highest BCUT2D eigenvalue weighted by atomic mass is 16.5. The maximum atomic E-state index is 14.9. The number of carbonyl (C=O) groups excluding carboxylic acids is 2. The lowest BCUT2D eigenvalue weighted by molar-refractivity contribution is -0.125. The van der Waals surface area contributed by atoms with E-state index in [9.17, 15) is 14.9 Å². The third-order valence-corrected chi connectivity index (χ3v) is 8.83. The van der Waals surface area contributed by atoms with Crippen LogP contribution < -0.4 is 10.6 Å². The Hall–Kier alpha value is -3.85. The maximum absolute atomic E-state index is 14.9. The smallest absolute Gasteiger partial charge is 0.248 e. The van der Waals surface area contributed by atoms with Gasteiger partial charge in [0.1, 0.15) is 22.8 Å². The van der Waals surface area contributed by atoms with E-state index in [-0.39, 0.29) is 28.6 Å². The summed E-state index contributed by atoms with van der Waals surface area (Å²) in [6, 6.07) is 16.8. The summed E-state index contributed by atoms with van der Waals surface area (Å²) >= 11 is 0. The predicted octanol–water partition coefficient (Wildman–Crippen LogP) is 5.05. The van der Waals surface area contributed by atoms with E-state index >= 15 is 0 Å². The van der Waals surface area contributed by atoms with Gasteiger partial charge in [0.05, 0.1) is 11.3 Å². The normalized spacial score (nSPS) is 27.7. The van der Waals surface area contributed by atoms with Crippen LogP contribution in [0.15, 0.2) is 65.3 Å². The van der Waals surface area contributed by atoms with Gasteiger partial charge in [0.25, 0.3) is 0 Å². The average molecular weight is 494 g/mol. The number of anilines is 1. The molecular formula is C31H31N3O3. The Morgan fingerprint density at radius 2 is 1.78 bits per heavy atom. The van der Waals surface area contributed by atoms with Crippen molar-refractivity contribution in [1.29, 1.82) is 5.26 Å². The molecule has 0 unspecified atom stereocenters. The second-order valence-corrected chi connectivity index (χ2v) is 11.5. The highest BCUT2D eigenvalue weighted by Crippen LogP contribution is 2.63. The van der Waals surface area contributed by atoms with Crippen molar-refractivity contribution < 1.29 is 14.3 Å². The standard InChI is InChI=1S/C31H31N3O3/c1-5-18-14-20-26-21(15-18)31(22(16-32)27(33)37-24-13-9-12-23(35)25(24)31)28(36)34(26)29(2,3)17-30(20,4)19-10-7-6-8-11-19/h6-8,10-11,14-15H,5,9,12-13,17,33H2,1-4H3/t30-,31-/m1/s1. The summed E-state index contributed by atoms with van der Waals surface area (Å²) in [4.78, 5) is 30.3. The zero-order valence-corrected chi connectivity index (χ0v) is 21.8. The van der Waals surface area contributed by atoms with Crippen LogP contribution in [0.1, 0.15) is 75.6 Å². The Kier molecular flexibility index (Phi) is 4.82. The van der Waals surface area contributed by atoms with Gasteiger partial charge in [0.2, 0.25) is 11.8 Å².